The van der Waals surface area contributed by atoms with Gasteiger partial charge in [0.15, 0.2) is 11.5 Å². The Hall–Kier alpha value is -1.94. The van der Waals surface area contributed by atoms with E-state index in [4.69, 9.17) is 13.9 Å². The van der Waals surface area contributed by atoms with Crippen molar-refractivity contribution in [2.75, 3.05) is 21.3 Å². The van der Waals surface area contributed by atoms with Crippen molar-refractivity contribution in [1.29, 1.82) is 0 Å². The average Bonchev–Trinajstić information content (AvgIpc) is 2.86. The van der Waals surface area contributed by atoms with E-state index in [1.807, 2.05) is 31.3 Å². The predicted octanol–water partition coefficient (Wildman–Crippen LogP) is 2.68. The van der Waals surface area contributed by atoms with Gasteiger partial charge in [-0.2, -0.15) is 0 Å². The Morgan fingerprint density at radius 3 is 2.56 bits per heavy atom. The van der Waals surface area contributed by atoms with Gasteiger partial charge in [-0.05, 0) is 30.8 Å². The van der Waals surface area contributed by atoms with Crippen LogP contribution in [0.1, 0.15) is 5.76 Å². The Kier molecular flexibility index (Phi) is 3.89. The van der Waals surface area contributed by atoms with Gasteiger partial charge in [0, 0.05) is 5.56 Å². The van der Waals surface area contributed by atoms with E-state index in [1.54, 1.807) is 20.5 Å². The molecule has 0 saturated heterocycles. The van der Waals surface area contributed by atoms with Crippen LogP contribution in [0.2, 0.25) is 0 Å². The topological polar surface area (TPSA) is 43.6 Å². The molecule has 4 heteroatoms. The van der Waals surface area contributed by atoms with Crippen molar-refractivity contribution in [3.05, 3.63) is 36.3 Å². The highest BCUT2D eigenvalue weighted by molar-refractivity contribution is 5.68. The molecule has 0 fully saturated rings. The van der Waals surface area contributed by atoms with Crippen LogP contribution in [-0.4, -0.2) is 21.3 Å². The third kappa shape index (κ3) is 2.33. The van der Waals surface area contributed by atoms with E-state index in [1.165, 1.54) is 0 Å². The number of hydrogen-bond acceptors (Lipinski definition) is 4. The lowest BCUT2D eigenvalue weighted by Gasteiger charge is -2.09. The first-order chi connectivity index (χ1) is 8.80. The molecule has 1 aromatic carbocycles. The van der Waals surface area contributed by atoms with Gasteiger partial charge in [-0.25, -0.2) is 0 Å². The number of methoxy groups -OCH3 is 2. The first kappa shape index (κ1) is 12.5. The zero-order valence-electron chi connectivity index (χ0n) is 10.8. The smallest absolute Gasteiger partial charge is 0.161 e. The summed E-state index contributed by atoms with van der Waals surface area (Å²) in [6.45, 7) is 0.691. The molecular weight excluding hydrogens is 230 g/mol. The van der Waals surface area contributed by atoms with E-state index in [-0.39, 0.29) is 0 Å². The molecule has 0 radical (unpaired) electrons. The van der Waals surface area contributed by atoms with Crippen molar-refractivity contribution in [2.45, 2.75) is 6.54 Å². The van der Waals surface area contributed by atoms with Gasteiger partial charge in [0.2, 0.25) is 0 Å². The fourth-order valence-electron chi connectivity index (χ4n) is 1.90. The summed E-state index contributed by atoms with van der Waals surface area (Å²) in [5.74, 6) is 2.34. The molecule has 1 heterocycles. The lowest BCUT2D eigenvalue weighted by atomic mass is 10.1. The monoisotopic (exact) mass is 247 g/mol. The van der Waals surface area contributed by atoms with Crippen LogP contribution in [0.5, 0.6) is 11.5 Å². The lowest BCUT2D eigenvalue weighted by molar-refractivity contribution is 0.355. The quantitative estimate of drug-likeness (QED) is 0.882. The first-order valence-electron chi connectivity index (χ1n) is 5.73. The Balaban J connectivity index is 2.41. The molecular formula is C14H17NO3. The van der Waals surface area contributed by atoms with Crippen LogP contribution in [-0.2, 0) is 6.54 Å². The van der Waals surface area contributed by atoms with Crippen LogP contribution >= 0.6 is 0 Å². The van der Waals surface area contributed by atoms with Gasteiger partial charge < -0.3 is 19.2 Å². The van der Waals surface area contributed by atoms with E-state index in [0.717, 1.165) is 22.6 Å². The van der Waals surface area contributed by atoms with Crippen LogP contribution in [0, 0.1) is 0 Å². The van der Waals surface area contributed by atoms with E-state index < -0.39 is 0 Å². The maximum absolute atomic E-state index is 5.45. The molecule has 4 nitrogen and oxygen atoms in total. The lowest BCUT2D eigenvalue weighted by Crippen LogP contribution is -2.04. The van der Waals surface area contributed by atoms with Crippen LogP contribution in [0.15, 0.2) is 34.9 Å². The van der Waals surface area contributed by atoms with Crippen molar-refractivity contribution < 1.29 is 13.9 Å². The molecule has 0 bridgehead atoms. The Labute approximate surface area is 107 Å². The maximum Gasteiger partial charge on any atom is 0.161 e. The zero-order chi connectivity index (χ0) is 13.0. The average molecular weight is 247 g/mol. The van der Waals surface area contributed by atoms with Gasteiger partial charge in [0.1, 0.15) is 5.76 Å². The third-order valence-electron chi connectivity index (χ3n) is 2.78. The van der Waals surface area contributed by atoms with E-state index in [2.05, 4.69) is 5.32 Å². The maximum atomic E-state index is 5.45. The Bertz CT molecular complexity index is 520. The Morgan fingerprint density at radius 2 is 1.89 bits per heavy atom. The minimum atomic E-state index is 0.691. The second-order valence-corrected chi connectivity index (χ2v) is 3.86. The SMILES string of the molecule is CNCc1occc1-c1ccc(OC)c(OC)c1. The predicted molar refractivity (Wildman–Crippen MR) is 70.0 cm³/mol. The summed E-state index contributed by atoms with van der Waals surface area (Å²) in [6, 6.07) is 7.78. The molecule has 0 unspecified atom stereocenters. The fourth-order valence-corrected chi connectivity index (χ4v) is 1.90. The number of ether oxygens (including phenoxy) is 2. The number of hydrogen-bond donors (Lipinski definition) is 1. The first-order valence-corrected chi connectivity index (χ1v) is 5.73. The molecule has 0 aliphatic rings. The van der Waals surface area contributed by atoms with E-state index in [9.17, 15) is 0 Å². The highest BCUT2D eigenvalue weighted by Crippen LogP contribution is 2.33. The summed E-state index contributed by atoms with van der Waals surface area (Å²) in [5, 5.41) is 3.08. The Morgan fingerprint density at radius 1 is 1.11 bits per heavy atom. The van der Waals surface area contributed by atoms with Gasteiger partial charge in [-0.3, -0.25) is 0 Å². The molecule has 2 aromatic rings. The molecule has 0 atom stereocenters. The summed E-state index contributed by atoms with van der Waals surface area (Å²) in [7, 11) is 5.15. The van der Waals surface area contributed by atoms with Gasteiger partial charge in [-0.15, -0.1) is 0 Å². The molecule has 0 saturated carbocycles. The molecule has 0 aliphatic carbocycles. The molecule has 96 valence electrons. The van der Waals surface area contributed by atoms with E-state index >= 15 is 0 Å². The standard InChI is InChI=1S/C14H17NO3/c1-15-9-14-11(6-7-18-14)10-4-5-12(16-2)13(8-10)17-3/h4-8,15H,9H2,1-3H3. The minimum absolute atomic E-state index is 0.691. The zero-order valence-corrected chi connectivity index (χ0v) is 10.8. The molecule has 18 heavy (non-hydrogen) atoms. The summed E-state index contributed by atoms with van der Waals surface area (Å²) in [4.78, 5) is 0. The number of benzene rings is 1. The normalized spacial score (nSPS) is 10.4. The van der Waals surface area contributed by atoms with Crippen molar-refractivity contribution in [3.63, 3.8) is 0 Å². The largest absolute Gasteiger partial charge is 0.493 e. The highest BCUT2D eigenvalue weighted by atomic mass is 16.5. The molecule has 1 aromatic heterocycles. The summed E-state index contributed by atoms with van der Waals surface area (Å²) in [6.07, 6.45) is 1.69. The second kappa shape index (κ2) is 5.60. The summed E-state index contributed by atoms with van der Waals surface area (Å²) >= 11 is 0. The van der Waals surface area contributed by atoms with Crippen molar-refractivity contribution in [3.8, 4) is 22.6 Å². The summed E-state index contributed by atoms with van der Waals surface area (Å²) in [5.41, 5.74) is 2.11. The number of furan rings is 1. The fraction of sp³-hybridized carbons (Fsp3) is 0.286. The van der Waals surface area contributed by atoms with E-state index in [0.29, 0.717) is 12.3 Å². The number of nitrogens with one attached hydrogen (secondary N) is 1. The van der Waals surface area contributed by atoms with Crippen LogP contribution < -0.4 is 14.8 Å². The van der Waals surface area contributed by atoms with Crippen molar-refractivity contribution in [2.24, 2.45) is 0 Å². The molecule has 0 aliphatic heterocycles. The highest BCUT2D eigenvalue weighted by Gasteiger charge is 2.11. The van der Waals surface area contributed by atoms with Crippen LogP contribution in [0.4, 0.5) is 0 Å². The van der Waals surface area contributed by atoms with Crippen LogP contribution in [0.25, 0.3) is 11.1 Å². The minimum Gasteiger partial charge on any atom is -0.493 e. The molecule has 2 rings (SSSR count). The van der Waals surface area contributed by atoms with Gasteiger partial charge >= 0.3 is 0 Å². The van der Waals surface area contributed by atoms with Gasteiger partial charge in [0.25, 0.3) is 0 Å². The van der Waals surface area contributed by atoms with Crippen LogP contribution in [0.3, 0.4) is 0 Å². The van der Waals surface area contributed by atoms with Crippen molar-refractivity contribution >= 4 is 0 Å². The second-order valence-electron chi connectivity index (χ2n) is 3.86. The molecule has 0 amide bonds. The third-order valence-corrected chi connectivity index (χ3v) is 2.78. The molecule has 1 N–H and O–H groups in total. The van der Waals surface area contributed by atoms with Crippen molar-refractivity contribution in [1.82, 2.24) is 5.32 Å². The van der Waals surface area contributed by atoms with Gasteiger partial charge in [0.05, 0.1) is 27.0 Å². The summed E-state index contributed by atoms with van der Waals surface area (Å²) < 4.78 is 16.0. The molecule has 0 spiro atoms. The van der Waals surface area contributed by atoms with Gasteiger partial charge in [-0.1, -0.05) is 6.07 Å². The number of rotatable bonds is 5.